The third-order valence-electron chi connectivity index (χ3n) is 7.67. The van der Waals surface area contributed by atoms with Gasteiger partial charge in [0, 0.05) is 18.9 Å². The van der Waals surface area contributed by atoms with Crippen LogP contribution in [0.4, 0.5) is 0 Å². The summed E-state index contributed by atoms with van der Waals surface area (Å²) in [5.74, 6) is 2.57. The highest BCUT2D eigenvalue weighted by Crippen LogP contribution is 2.51. The number of nitrogens with one attached hydrogen (secondary N) is 1. The lowest BCUT2D eigenvalue weighted by atomic mass is 9.61. The number of H-pyrrole nitrogens is 1. The maximum Gasteiger partial charge on any atom is 0.146 e. The molecule has 3 aliphatic rings. The Morgan fingerprint density at radius 2 is 1.97 bits per heavy atom. The minimum Gasteiger partial charge on any atom is -0.494 e. The lowest BCUT2D eigenvalue weighted by Crippen LogP contribution is -2.48. The van der Waals surface area contributed by atoms with E-state index in [9.17, 15) is 5.11 Å². The van der Waals surface area contributed by atoms with E-state index in [1.54, 1.807) is 7.11 Å². The summed E-state index contributed by atoms with van der Waals surface area (Å²) in [6.07, 6.45) is 8.35. The maximum atomic E-state index is 11.5. The summed E-state index contributed by atoms with van der Waals surface area (Å²) in [6.45, 7) is 1.91. The molecule has 33 heavy (non-hydrogen) atoms. The van der Waals surface area contributed by atoms with Gasteiger partial charge in [0.2, 0.25) is 0 Å². The molecule has 1 aromatic heterocycles. The first kappa shape index (κ1) is 22.2. The van der Waals surface area contributed by atoms with Crippen molar-refractivity contribution in [3.8, 4) is 5.75 Å². The van der Waals surface area contributed by atoms with Crippen molar-refractivity contribution >= 4 is 16.6 Å². The van der Waals surface area contributed by atoms with Gasteiger partial charge in [-0.05, 0) is 74.9 Å². The first-order valence-corrected chi connectivity index (χ1v) is 12.3. The molecular weight excluding hydrogens is 410 g/mol. The summed E-state index contributed by atoms with van der Waals surface area (Å²) >= 11 is 0. The van der Waals surface area contributed by atoms with E-state index in [2.05, 4.69) is 53.3 Å². The van der Waals surface area contributed by atoms with Gasteiger partial charge in [0.05, 0.1) is 18.2 Å². The van der Waals surface area contributed by atoms with Crippen molar-refractivity contribution in [3.05, 3.63) is 66.0 Å². The lowest BCUT2D eigenvalue weighted by molar-refractivity contribution is -0.0574. The second-order valence-electron chi connectivity index (χ2n) is 9.87. The molecule has 1 heterocycles. The van der Waals surface area contributed by atoms with Crippen LogP contribution in [0.15, 0.2) is 54.6 Å². The van der Waals surface area contributed by atoms with Crippen LogP contribution in [0.3, 0.4) is 0 Å². The minimum atomic E-state index is -0.565. The number of hydrogen-bond acceptors (Lipinski definition) is 4. The molecule has 3 aliphatic carbocycles. The second-order valence-corrected chi connectivity index (χ2v) is 9.87. The Kier molecular flexibility index (Phi) is 6.26. The fourth-order valence-electron chi connectivity index (χ4n) is 5.79. The summed E-state index contributed by atoms with van der Waals surface area (Å²) in [4.78, 5) is 10.5. The Balaban J connectivity index is 1.13. The van der Waals surface area contributed by atoms with Crippen LogP contribution >= 0.6 is 0 Å². The number of methoxy groups -OCH3 is 1. The summed E-state index contributed by atoms with van der Waals surface area (Å²) < 4.78 is 5.42. The zero-order valence-corrected chi connectivity index (χ0v) is 19.8. The van der Waals surface area contributed by atoms with Crippen LogP contribution in [0.25, 0.3) is 16.6 Å². The quantitative estimate of drug-likeness (QED) is 0.483. The van der Waals surface area contributed by atoms with Crippen molar-refractivity contribution in [2.75, 3.05) is 27.2 Å². The molecule has 2 aromatic carbocycles. The van der Waals surface area contributed by atoms with Gasteiger partial charge in [0.25, 0.3) is 0 Å². The molecule has 2 bridgehead atoms. The predicted octanol–water partition coefficient (Wildman–Crippen LogP) is 5.07. The molecule has 3 aromatic rings. The van der Waals surface area contributed by atoms with Crippen LogP contribution in [-0.2, 0) is 6.42 Å². The third kappa shape index (κ3) is 4.57. The van der Waals surface area contributed by atoms with E-state index in [0.29, 0.717) is 5.92 Å². The number of benzene rings is 2. The minimum absolute atomic E-state index is 0.275. The maximum absolute atomic E-state index is 11.5. The van der Waals surface area contributed by atoms with Crippen LogP contribution in [0.1, 0.15) is 43.5 Å². The molecule has 0 radical (unpaired) electrons. The Bertz CT molecular complexity index is 1120. The van der Waals surface area contributed by atoms with E-state index in [0.717, 1.165) is 67.8 Å². The van der Waals surface area contributed by atoms with Gasteiger partial charge in [-0.2, -0.15) is 0 Å². The van der Waals surface area contributed by atoms with Gasteiger partial charge in [-0.3, -0.25) is 0 Å². The highest BCUT2D eigenvalue weighted by molar-refractivity contribution is 5.81. The van der Waals surface area contributed by atoms with Gasteiger partial charge in [-0.1, -0.05) is 42.5 Å². The topological polar surface area (TPSA) is 61.4 Å². The Morgan fingerprint density at radius 1 is 1.12 bits per heavy atom. The molecule has 0 spiro atoms. The standard InChI is InChI=1S/C28H35N3O2/c1-31(16-7-12-26-29-24-10-6-11-25(33-2)27(24)30-26)17-15-28(32)19-21-13-14-22(28)18-23(21)20-8-4-3-5-9-20/h3-6,8-11,18,21-22,32H,7,12-17,19H2,1-2H3,(H,29,30)/t21-,22?,28?/m0/s1. The van der Waals surface area contributed by atoms with E-state index in [-0.39, 0.29) is 5.92 Å². The summed E-state index contributed by atoms with van der Waals surface area (Å²) in [5.41, 5.74) is 4.14. The number of hydrogen-bond donors (Lipinski definition) is 2. The SMILES string of the molecule is COc1cccc2[nH]c(CCCN(C)CCC3(O)C[C@@H]4CCC3C=C4c3ccccc3)nc12. The second kappa shape index (κ2) is 9.32. The number of ether oxygens (including phenoxy) is 1. The molecule has 1 saturated carbocycles. The van der Waals surface area contributed by atoms with Gasteiger partial charge in [0.15, 0.2) is 0 Å². The highest BCUT2D eigenvalue weighted by Gasteiger charge is 2.46. The Hall–Kier alpha value is -2.63. The van der Waals surface area contributed by atoms with Gasteiger partial charge in [-0.25, -0.2) is 4.98 Å². The van der Waals surface area contributed by atoms with E-state index < -0.39 is 5.60 Å². The Labute approximate surface area is 196 Å². The zero-order valence-electron chi connectivity index (χ0n) is 19.8. The van der Waals surface area contributed by atoms with E-state index >= 15 is 0 Å². The number of aromatic amines is 1. The van der Waals surface area contributed by atoms with Crippen LogP contribution in [0.5, 0.6) is 5.75 Å². The molecule has 5 nitrogen and oxygen atoms in total. The van der Waals surface area contributed by atoms with Crippen molar-refractivity contribution < 1.29 is 9.84 Å². The van der Waals surface area contributed by atoms with E-state index in [1.807, 2.05) is 18.2 Å². The molecule has 5 heteroatoms. The number of aryl methyl sites for hydroxylation is 1. The van der Waals surface area contributed by atoms with Crippen molar-refractivity contribution in [2.45, 2.75) is 44.1 Å². The van der Waals surface area contributed by atoms with Gasteiger partial charge >= 0.3 is 0 Å². The molecule has 174 valence electrons. The van der Waals surface area contributed by atoms with E-state index in [4.69, 9.17) is 9.72 Å². The van der Waals surface area contributed by atoms with Crippen LogP contribution < -0.4 is 4.74 Å². The molecule has 6 rings (SSSR count). The number of allylic oxidation sites excluding steroid dienone is 1. The van der Waals surface area contributed by atoms with Crippen molar-refractivity contribution in [1.29, 1.82) is 0 Å². The number of aromatic nitrogens is 2. The smallest absolute Gasteiger partial charge is 0.146 e. The monoisotopic (exact) mass is 445 g/mol. The first-order valence-electron chi connectivity index (χ1n) is 12.3. The largest absolute Gasteiger partial charge is 0.494 e. The number of rotatable bonds is 9. The van der Waals surface area contributed by atoms with E-state index in [1.165, 1.54) is 17.6 Å². The van der Waals surface area contributed by atoms with Crippen molar-refractivity contribution in [1.82, 2.24) is 14.9 Å². The normalized spacial score (nSPS) is 24.4. The number of fused-ring (bicyclic) bond motifs is 3. The van der Waals surface area contributed by atoms with Crippen LogP contribution in [-0.4, -0.2) is 52.8 Å². The number of imidazole rings is 1. The zero-order chi connectivity index (χ0) is 22.8. The summed E-state index contributed by atoms with van der Waals surface area (Å²) in [6, 6.07) is 16.7. The Morgan fingerprint density at radius 3 is 2.73 bits per heavy atom. The van der Waals surface area contributed by atoms with Crippen molar-refractivity contribution in [3.63, 3.8) is 0 Å². The fourth-order valence-corrected chi connectivity index (χ4v) is 5.79. The molecular formula is C28H35N3O2. The fraction of sp³-hybridized carbons (Fsp3) is 0.464. The van der Waals surface area contributed by atoms with Crippen LogP contribution in [0, 0.1) is 11.8 Å². The van der Waals surface area contributed by atoms with Gasteiger partial charge in [-0.15, -0.1) is 0 Å². The number of para-hydroxylation sites is 1. The summed E-state index contributed by atoms with van der Waals surface area (Å²) in [7, 11) is 3.85. The predicted molar refractivity (Wildman–Crippen MR) is 133 cm³/mol. The van der Waals surface area contributed by atoms with Gasteiger partial charge < -0.3 is 19.7 Å². The molecule has 2 N–H and O–H groups in total. The highest BCUT2D eigenvalue weighted by atomic mass is 16.5. The average molecular weight is 446 g/mol. The third-order valence-corrected chi connectivity index (χ3v) is 7.67. The molecule has 0 aliphatic heterocycles. The molecule has 2 unspecified atom stereocenters. The molecule has 1 fully saturated rings. The van der Waals surface area contributed by atoms with Crippen LogP contribution in [0.2, 0.25) is 0 Å². The van der Waals surface area contributed by atoms with Crippen molar-refractivity contribution in [2.24, 2.45) is 11.8 Å². The summed E-state index contributed by atoms with van der Waals surface area (Å²) in [5, 5.41) is 11.5. The first-order chi connectivity index (χ1) is 16.1. The molecule has 3 atom stereocenters. The average Bonchev–Trinajstić information content (AvgIpc) is 3.27. The molecule has 0 amide bonds. The van der Waals surface area contributed by atoms with Gasteiger partial charge in [0.1, 0.15) is 17.1 Å². The molecule has 0 saturated heterocycles. The number of nitrogens with zero attached hydrogens (tertiary/aromatic N) is 2. The lowest BCUT2D eigenvalue weighted by Gasteiger charge is -2.48. The number of aliphatic hydroxyl groups is 1.